The Hall–Kier alpha value is -3.79. The van der Waals surface area contributed by atoms with Gasteiger partial charge in [0, 0.05) is 16.7 Å². The molecule has 0 fully saturated rings. The van der Waals surface area contributed by atoms with E-state index in [4.69, 9.17) is 4.74 Å². The van der Waals surface area contributed by atoms with E-state index < -0.39 is 11.8 Å². The summed E-state index contributed by atoms with van der Waals surface area (Å²) >= 11 is 0. The summed E-state index contributed by atoms with van der Waals surface area (Å²) < 4.78 is 5.47. The van der Waals surface area contributed by atoms with Crippen molar-refractivity contribution in [2.24, 2.45) is 0 Å². The number of allylic oxidation sites excluding steroid dienone is 1. The molecule has 0 atom stereocenters. The average Bonchev–Trinajstić information content (AvgIpc) is 2.77. The number of ether oxygens (including phenoxy) is 1. The van der Waals surface area contributed by atoms with Crippen LogP contribution >= 0.6 is 0 Å². The van der Waals surface area contributed by atoms with Crippen LogP contribution < -0.4 is 4.74 Å². The van der Waals surface area contributed by atoms with Crippen LogP contribution in [-0.2, 0) is 11.2 Å². The summed E-state index contributed by atoms with van der Waals surface area (Å²) in [6.07, 6.45) is 0.862. The first-order chi connectivity index (χ1) is 14.1. The number of hydrogen-bond donors (Lipinski definition) is 0. The fourth-order valence-corrected chi connectivity index (χ4v) is 3.40. The Balaban J connectivity index is 1.82. The number of aryl methyl sites for hydroxylation is 1. The molecule has 1 aliphatic rings. The van der Waals surface area contributed by atoms with Gasteiger partial charge in [-0.05, 0) is 29.7 Å². The van der Waals surface area contributed by atoms with Crippen LogP contribution in [0.4, 0.5) is 0 Å². The highest BCUT2D eigenvalue weighted by molar-refractivity contribution is 6.46. The maximum atomic E-state index is 13.2. The number of ketones is 2. The van der Waals surface area contributed by atoms with Crippen molar-refractivity contribution in [1.82, 2.24) is 0 Å². The molecular weight excluding hydrogens is 364 g/mol. The van der Waals surface area contributed by atoms with Crippen molar-refractivity contribution in [1.29, 1.82) is 0 Å². The van der Waals surface area contributed by atoms with Crippen molar-refractivity contribution in [2.45, 2.75) is 13.3 Å². The van der Waals surface area contributed by atoms with Crippen LogP contribution in [0.1, 0.15) is 38.8 Å². The Morgan fingerprint density at radius 2 is 1.34 bits per heavy atom. The molecule has 0 unspecified atom stereocenters. The molecule has 4 nitrogen and oxygen atoms in total. The molecule has 3 aromatic carbocycles. The smallest absolute Gasteiger partial charge is 0.348 e. The van der Waals surface area contributed by atoms with Gasteiger partial charge >= 0.3 is 5.97 Å². The van der Waals surface area contributed by atoms with Gasteiger partial charge < -0.3 is 4.74 Å². The summed E-state index contributed by atoms with van der Waals surface area (Å²) in [4.78, 5) is 39.4. The standard InChI is InChI=1S/C25H18O4/c1-2-16-12-14-18(15-13-16)29-25(28)22-21(17-8-4-3-5-9-17)23(26)19-10-6-7-11-20(19)24(22)27/h3-15H,2H2,1H3. The van der Waals surface area contributed by atoms with Gasteiger partial charge in [-0.25, -0.2) is 4.79 Å². The molecule has 0 bridgehead atoms. The number of carbonyl (C=O) groups is 3. The molecular formula is C25H18O4. The third-order valence-electron chi connectivity index (χ3n) is 4.93. The molecule has 4 rings (SSSR count). The van der Waals surface area contributed by atoms with Crippen molar-refractivity contribution in [3.05, 3.63) is 107 Å². The maximum absolute atomic E-state index is 13.2. The van der Waals surface area contributed by atoms with Gasteiger partial charge in [-0.2, -0.15) is 0 Å². The van der Waals surface area contributed by atoms with E-state index in [0.29, 0.717) is 16.9 Å². The van der Waals surface area contributed by atoms with E-state index >= 15 is 0 Å². The van der Waals surface area contributed by atoms with Gasteiger partial charge in [-0.3, -0.25) is 9.59 Å². The van der Waals surface area contributed by atoms with E-state index in [0.717, 1.165) is 12.0 Å². The van der Waals surface area contributed by atoms with E-state index in [9.17, 15) is 14.4 Å². The summed E-state index contributed by atoms with van der Waals surface area (Å²) in [6.45, 7) is 2.03. The zero-order chi connectivity index (χ0) is 20.4. The van der Waals surface area contributed by atoms with Gasteiger partial charge in [0.1, 0.15) is 11.3 Å². The molecule has 1 aliphatic carbocycles. The first-order valence-electron chi connectivity index (χ1n) is 9.39. The van der Waals surface area contributed by atoms with Crippen molar-refractivity contribution >= 4 is 23.1 Å². The summed E-state index contributed by atoms with van der Waals surface area (Å²) in [5.74, 6) is -1.37. The van der Waals surface area contributed by atoms with E-state index in [2.05, 4.69) is 0 Å². The van der Waals surface area contributed by atoms with Gasteiger partial charge in [0.2, 0.25) is 5.78 Å². The monoisotopic (exact) mass is 382 g/mol. The lowest BCUT2D eigenvalue weighted by Crippen LogP contribution is -2.28. The minimum absolute atomic E-state index is 0.0736. The third-order valence-corrected chi connectivity index (χ3v) is 4.93. The van der Waals surface area contributed by atoms with Crippen LogP contribution in [0.5, 0.6) is 5.75 Å². The van der Waals surface area contributed by atoms with Gasteiger partial charge in [-0.1, -0.05) is 73.7 Å². The number of Topliss-reactive ketones (excluding diaryl/α,β-unsaturated/α-hetero) is 2. The fraction of sp³-hybridized carbons (Fsp3) is 0.0800. The van der Waals surface area contributed by atoms with Crippen LogP contribution in [0.15, 0.2) is 84.4 Å². The Labute approximate surface area is 168 Å². The highest BCUT2D eigenvalue weighted by Crippen LogP contribution is 2.33. The topological polar surface area (TPSA) is 60.4 Å². The molecule has 0 aromatic heterocycles. The summed E-state index contributed by atoms with van der Waals surface area (Å²) in [6, 6.07) is 22.3. The molecule has 0 spiro atoms. The lowest BCUT2D eigenvalue weighted by atomic mass is 9.81. The highest BCUT2D eigenvalue weighted by Gasteiger charge is 2.37. The van der Waals surface area contributed by atoms with Crippen molar-refractivity contribution < 1.29 is 19.1 Å². The zero-order valence-electron chi connectivity index (χ0n) is 15.8. The number of fused-ring (bicyclic) bond motifs is 1. The molecule has 0 N–H and O–H groups in total. The molecule has 29 heavy (non-hydrogen) atoms. The summed E-state index contributed by atoms with van der Waals surface area (Å²) in [7, 11) is 0. The van der Waals surface area contributed by atoms with E-state index in [1.807, 2.05) is 19.1 Å². The maximum Gasteiger partial charge on any atom is 0.348 e. The molecule has 4 heteroatoms. The summed E-state index contributed by atoms with van der Waals surface area (Å²) in [5, 5.41) is 0. The number of rotatable bonds is 4. The second kappa shape index (κ2) is 7.68. The average molecular weight is 382 g/mol. The molecule has 0 saturated heterocycles. The van der Waals surface area contributed by atoms with Crippen molar-refractivity contribution in [3.63, 3.8) is 0 Å². The Bertz CT molecular complexity index is 1140. The normalized spacial score (nSPS) is 13.3. The zero-order valence-corrected chi connectivity index (χ0v) is 15.8. The molecule has 0 saturated carbocycles. The molecule has 0 aliphatic heterocycles. The van der Waals surface area contributed by atoms with Crippen molar-refractivity contribution in [3.8, 4) is 5.75 Å². The third kappa shape index (κ3) is 3.41. The largest absolute Gasteiger partial charge is 0.423 e. The second-order valence-corrected chi connectivity index (χ2v) is 6.71. The molecule has 0 radical (unpaired) electrons. The van der Waals surface area contributed by atoms with E-state index in [1.54, 1.807) is 66.7 Å². The second-order valence-electron chi connectivity index (χ2n) is 6.71. The lowest BCUT2D eigenvalue weighted by molar-refractivity contribution is -0.129. The molecule has 0 heterocycles. The first kappa shape index (κ1) is 18.6. The number of hydrogen-bond acceptors (Lipinski definition) is 4. The minimum Gasteiger partial charge on any atom is -0.423 e. The van der Waals surface area contributed by atoms with Crippen molar-refractivity contribution in [2.75, 3.05) is 0 Å². The molecule has 3 aromatic rings. The number of esters is 1. The van der Waals surface area contributed by atoms with Gasteiger partial charge in [0.25, 0.3) is 0 Å². The van der Waals surface area contributed by atoms with Crippen LogP contribution in [0.3, 0.4) is 0 Å². The van der Waals surface area contributed by atoms with Gasteiger partial charge in [-0.15, -0.1) is 0 Å². The predicted octanol–water partition coefficient (Wildman–Crippen LogP) is 4.69. The van der Waals surface area contributed by atoms with E-state index in [-0.39, 0.29) is 22.5 Å². The van der Waals surface area contributed by atoms with Crippen LogP contribution in [0.2, 0.25) is 0 Å². The fourth-order valence-electron chi connectivity index (χ4n) is 3.40. The molecule has 0 amide bonds. The van der Waals surface area contributed by atoms with Crippen LogP contribution in [-0.4, -0.2) is 17.5 Å². The number of carbonyl (C=O) groups excluding carboxylic acids is 3. The Kier molecular flexibility index (Phi) is 4.92. The summed E-state index contributed by atoms with van der Waals surface area (Å²) in [5.41, 5.74) is 1.95. The van der Waals surface area contributed by atoms with Crippen LogP contribution in [0.25, 0.3) is 5.57 Å². The van der Waals surface area contributed by atoms with Gasteiger partial charge in [0.15, 0.2) is 5.78 Å². The minimum atomic E-state index is -0.832. The Morgan fingerprint density at radius 1 is 0.759 bits per heavy atom. The predicted molar refractivity (Wildman–Crippen MR) is 110 cm³/mol. The SMILES string of the molecule is CCc1ccc(OC(=O)C2=C(c3ccccc3)C(=O)c3ccccc3C2=O)cc1. The number of benzene rings is 3. The molecule has 142 valence electrons. The first-order valence-corrected chi connectivity index (χ1v) is 9.39. The quantitative estimate of drug-likeness (QED) is 0.373. The van der Waals surface area contributed by atoms with Gasteiger partial charge in [0.05, 0.1) is 0 Å². The lowest BCUT2D eigenvalue weighted by Gasteiger charge is -2.20. The Morgan fingerprint density at radius 3 is 1.97 bits per heavy atom. The van der Waals surface area contributed by atoms with Crippen LogP contribution in [0, 0.1) is 0 Å². The van der Waals surface area contributed by atoms with E-state index in [1.165, 1.54) is 0 Å². The highest BCUT2D eigenvalue weighted by atomic mass is 16.5.